The number of anilines is 1. The maximum absolute atomic E-state index is 12.6. The molecule has 3 rings (SSSR count). The predicted octanol–water partition coefficient (Wildman–Crippen LogP) is 1.06. The highest BCUT2D eigenvalue weighted by atomic mass is 32.2. The van der Waals surface area contributed by atoms with Crippen LogP contribution >= 0.6 is 0 Å². The SMILES string of the molecule is CCCNS(=O)(=O)c1ccc(NS(=O)(=O)c2ccc3c(c2)C(=O)NC3=O)cc1. The Labute approximate surface area is 162 Å². The smallest absolute Gasteiger partial charge is 0.261 e. The van der Waals surface area contributed by atoms with E-state index in [1.54, 1.807) is 0 Å². The number of amides is 2. The zero-order valence-electron chi connectivity index (χ0n) is 14.7. The first kappa shape index (κ1) is 20.0. The van der Waals surface area contributed by atoms with Crippen LogP contribution in [0.2, 0.25) is 0 Å². The van der Waals surface area contributed by atoms with E-state index < -0.39 is 31.9 Å². The van der Waals surface area contributed by atoms with Gasteiger partial charge in [-0.1, -0.05) is 6.92 Å². The molecule has 11 heteroatoms. The van der Waals surface area contributed by atoms with Gasteiger partial charge in [0.25, 0.3) is 21.8 Å². The molecule has 2 amide bonds. The second-order valence-corrected chi connectivity index (χ2v) is 9.47. The van der Waals surface area contributed by atoms with E-state index in [0.717, 1.165) is 6.07 Å². The van der Waals surface area contributed by atoms with E-state index in [9.17, 15) is 26.4 Å². The van der Waals surface area contributed by atoms with Crippen molar-refractivity contribution in [2.45, 2.75) is 23.1 Å². The fourth-order valence-electron chi connectivity index (χ4n) is 2.55. The van der Waals surface area contributed by atoms with Gasteiger partial charge in [-0.05, 0) is 48.9 Å². The molecule has 0 spiro atoms. The molecule has 0 aliphatic carbocycles. The minimum atomic E-state index is -4.04. The van der Waals surface area contributed by atoms with Gasteiger partial charge in [0, 0.05) is 12.2 Å². The third-order valence-corrected chi connectivity index (χ3v) is 6.83. The van der Waals surface area contributed by atoms with Crippen molar-refractivity contribution in [3.05, 3.63) is 53.6 Å². The van der Waals surface area contributed by atoms with Crippen molar-refractivity contribution in [3.8, 4) is 0 Å². The minimum absolute atomic E-state index is 0.0108. The zero-order chi connectivity index (χ0) is 20.5. The predicted molar refractivity (Wildman–Crippen MR) is 101 cm³/mol. The monoisotopic (exact) mass is 423 g/mol. The normalized spacial score (nSPS) is 13.9. The number of rotatable bonds is 7. The molecule has 1 aliphatic heterocycles. The molecular formula is C17H17N3O6S2. The topological polar surface area (TPSA) is 139 Å². The molecule has 28 heavy (non-hydrogen) atoms. The Morgan fingerprint density at radius 3 is 2.07 bits per heavy atom. The van der Waals surface area contributed by atoms with Gasteiger partial charge in [0.15, 0.2) is 0 Å². The highest BCUT2D eigenvalue weighted by Crippen LogP contribution is 2.23. The number of benzene rings is 2. The van der Waals surface area contributed by atoms with Gasteiger partial charge in [0.05, 0.1) is 20.9 Å². The first-order valence-electron chi connectivity index (χ1n) is 8.26. The molecule has 9 nitrogen and oxygen atoms in total. The third kappa shape index (κ3) is 3.91. The molecule has 0 radical (unpaired) electrons. The Bertz CT molecular complexity index is 1160. The Balaban J connectivity index is 1.83. The number of sulfonamides is 2. The highest BCUT2D eigenvalue weighted by Gasteiger charge is 2.28. The fourth-order valence-corrected chi connectivity index (χ4v) is 4.77. The molecule has 2 aromatic carbocycles. The number of fused-ring (bicyclic) bond motifs is 1. The third-order valence-electron chi connectivity index (χ3n) is 3.98. The van der Waals surface area contributed by atoms with Gasteiger partial charge < -0.3 is 0 Å². The first-order chi connectivity index (χ1) is 13.1. The molecular weight excluding hydrogens is 406 g/mol. The Morgan fingerprint density at radius 2 is 1.43 bits per heavy atom. The van der Waals surface area contributed by atoms with E-state index in [0.29, 0.717) is 13.0 Å². The van der Waals surface area contributed by atoms with Gasteiger partial charge in [0.1, 0.15) is 0 Å². The summed E-state index contributed by atoms with van der Waals surface area (Å²) in [5, 5.41) is 2.09. The van der Waals surface area contributed by atoms with Crippen LogP contribution in [0.5, 0.6) is 0 Å². The van der Waals surface area contributed by atoms with E-state index in [1.165, 1.54) is 36.4 Å². The van der Waals surface area contributed by atoms with E-state index in [-0.39, 0.29) is 26.6 Å². The number of carbonyl (C=O) groups is 2. The lowest BCUT2D eigenvalue weighted by Gasteiger charge is -2.10. The number of hydrogen-bond acceptors (Lipinski definition) is 6. The van der Waals surface area contributed by atoms with Crippen molar-refractivity contribution < 1.29 is 26.4 Å². The van der Waals surface area contributed by atoms with Crippen LogP contribution in [0.3, 0.4) is 0 Å². The summed E-state index contributed by atoms with van der Waals surface area (Å²) in [4.78, 5) is 23.1. The quantitative estimate of drug-likeness (QED) is 0.569. The van der Waals surface area contributed by atoms with Crippen LogP contribution < -0.4 is 14.8 Å². The summed E-state index contributed by atoms with van der Waals surface area (Å²) in [6.45, 7) is 2.13. The lowest BCUT2D eigenvalue weighted by atomic mass is 10.1. The van der Waals surface area contributed by atoms with Crippen LogP contribution in [-0.4, -0.2) is 35.2 Å². The van der Waals surface area contributed by atoms with Crippen molar-refractivity contribution >= 4 is 37.5 Å². The van der Waals surface area contributed by atoms with Crippen LogP contribution in [0.25, 0.3) is 0 Å². The average Bonchev–Trinajstić information content (AvgIpc) is 2.94. The maximum Gasteiger partial charge on any atom is 0.261 e. The van der Waals surface area contributed by atoms with E-state index in [4.69, 9.17) is 0 Å². The first-order valence-corrected chi connectivity index (χ1v) is 11.2. The molecule has 0 saturated carbocycles. The summed E-state index contributed by atoms with van der Waals surface area (Å²) in [5.74, 6) is -1.24. The molecule has 0 aromatic heterocycles. The summed E-state index contributed by atoms with van der Waals surface area (Å²) >= 11 is 0. The van der Waals surface area contributed by atoms with Gasteiger partial charge in [-0.2, -0.15) is 0 Å². The zero-order valence-corrected chi connectivity index (χ0v) is 16.4. The molecule has 2 aromatic rings. The largest absolute Gasteiger partial charge is 0.288 e. The molecule has 148 valence electrons. The van der Waals surface area contributed by atoms with Crippen molar-refractivity contribution in [1.29, 1.82) is 0 Å². The molecule has 0 fully saturated rings. The average molecular weight is 423 g/mol. The van der Waals surface area contributed by atoms with Gasteiger partial charge in [-0.25, -0.2) is 21.6 Å². The minimum Gasteiger partial charge on any atom is -0.288 e. The van der Waals surface area contributed by atoms with E-state index >= 15 is 0 Å². The summed E-state index contributed by atoms with van der Waals surface area (Å²) in [5.41, 5.74) is 0.241. The standard InChI is InChI=1S/C17H17N3O6S2/c1-2-9-18-27(23,24)12-5-3-11(4-6-12)20-28(25,26)13-7-8-14-15(10-13)17(22)19-16(14)21/h3-8,10,18,20H,2,9H2,1H3,(H,19,21,22). The van der Waals surface area contributed by atoms with E-state index in [2.05, 4.69) is 14.8 Å². The van der Waals surface area contributed by atoms with Gasteiger partial charge >= 0.3 is 0 Å². The Hall–Kier alpha value is -2.76. The second-order valence-electron chi connectivity index (χ2n) is 6.02. The van der Waals surface area contributed by atoms with Gasteiger partial charge in [-0.15, -0.1) is 0 Å². The molecule has 0 atom stereocenters. The highest BCUT2D eigenvalue weighted by molar-refractivity contribution is 7.92. The second kappa shape index (κ2) is 7.34. The van der Waals surface area contributed by atoms with Crippen molar-refractivity contribution in [2.75, 3.05) is 11.3 Å². The van der Waals surface area contributed by atoms with Gasteiger partial charge in [0.2, 0.25) is 10.0 Å². The summed E-state index contributed by atoms with van der Waals surface area (Å²) in [7, 11) is -7.70. The molecule has 1 aliphatic rings. The number of carbonyl (C=O) groups excluding carboxylic acids is 2. The van der Waals surface area contributed by atoms with Crippen LogP contribution in [0.1, 0.15) is 34.1 Å². The van der Waals surface area contributed by atoms with Crippen LogP contribution in [0.4, 0.5) is 5.69 Å². The summed E-state index contributed by atoms with van der Waals surface area (Å²) < 4.78 is 54.0. The van der Waals surface area contributed by atoms with Crippen molar-refractivity contribution in [2.24, 2.45) is 0 Å². The summed E-state index contributed by atoms with van der Waals surface area (Å²) in [6.07, 6.45) is 0.640. The van der Waals surface area contributed by atoms with Crippen LogP contribution in [0.15, 0.2) is 52.3 Å². The molecule has 0 saturated heterocycles. The van der Waals surface area contributed by atoms with E-state index in [1.807, 2.05) is 6.92 Å². The Kier molecular flexibility index (Phi) is 5.24. The van der Waals surface area contributed by atoms with Crippen LogP contribution in [0, 0.1) is 0 Å². The lowest BCUT2D eigenvalue weighted by molar-refractivity contribution is 0.0879. The van der Waals surface area contributed by atoms with Crippen molar-refractivity contribution in [3.63, 3.8) is 0 Å². The molecule has 3 N–H and O–H groups in total. The molecule has 0 bridgehead atoms. The Morgan fingerprint density at radius 1 is 0.821 bits per heavy atom. The van der Waals surface area contributed by atoms with Crippen LogP contribution in [-0.2, 0) is 20.0 Å². The number of hydrogen-bond donors (Lipinski definition) is 3. The maximum atomic E-state index is 12.6. The number of nitrogens with one attached hydrogen (secondary N) is 3. The molecule has 0 unspecified atom stereocenters. The number of imide groups is 1. The summed E-state index contributed by atoms with van der Waals surface area (Å²) in [6, 6.07) is 8.80. The van der Waals surface area contributed by atoms with Gasteiger partial charge in [-0.3, -0.25) is 19.6 Å². The lowest BCUT2D eigenvalue weighted by Crippen LogP contribution is -2.24. The molecule has 1 heterocycles. The fraction of sp³-hybridized carbons (Fsp3) is 0.176. The van der Waals surface area contributed by atoms with Crippen molar-refractivity contribution in [1.82, 2.24) is 10.0 Å².